The van der Waals surface area contributed by atoms with Crippen molar-refractivity contribution in [3.63, 3.8) is 0 Å². The van der Waals surface area contributed by atoms with Gasteiger partial charge in [-0.3, -0.25) is 0 Å². The van der Waals surface area contributed by atoms with Gasteiger partial charge >= 0.3 is 0 Å². The van der Waals surface area contributed by atoms with Crippen molar-refractivity contribution < 1.29 is 5.11 Å². The van der Waals surface area contributed by atoms with Crippen molar-refractivity contribution in [3.05, 3.63) is 29.8 Å². The van der Waals surface area contributed by atoms with Crippen LogP contribution in [0.2, 0.25) is 0 Å². The normalized spacial score (nSPS) is 11.5. The van der Waals surface area contributed by atoms with E-state index in [0.29, 0.717) is 6.42 Å². The average molecular weight is 193 g/mol. The zero-order valence-corrected chi connectivity index (χ0v) is 9.41. The lowest BCUT2D eigenvalue weighted by Gasteiger charge is -2.22. The molecule has 14 heavy (non-hydrogen) atoms. The van der Waals surface area contributed by atoms with Crippen molar-refractivity contribution in [2.24, 2.45) is 0 Å². The first kappa shape index (κ1) is 11.1. The summed E-state index contributed by atoms with van der Waals surface area (Å²) in [5, 5.41) is 9.76. The number of nitrogens with zero attached hydrogens (tertiary/aromatic N) is 1. The summed E-state index contributed by atoms with van der Waals surface area (Å²) in [5.41, 5.74) is 1.71. The lowest BCUT2D eigenvalue weighted by molar-refractivity contribution is 0.0811. The van der Waals surface area contributed by atoms with Gasteiger partial charge in [0.25, 0.3) is 0 Å². The Labute approximate surface area is 86.2 Å². The van der Waals surface area contributed by atoms with E-state index in [2.05, 4.69) is 17.0 Å². The number of aliphatic hydroxyl groups is 1. The monoisotopic (exact) mass is 193 g/mol. The summed E-state index contributed by atoms with van der Waals surface area (Å²) in [6, 6.07) is 8.16. The molecule has 1 rings (SSSR count). The third-order valence-corrected chi connectivity index (χ3v) is 2.10. The molecule has 0 radical (unpaired) electrons. The Bertz CT molecular complexity index is 299. The highest BCUT2D eigenvalue weighted by Crippen LogP contribution is 2.22. The van der Waals surface area contributed by atoms with Gasteiger partial charge in [-0.15, -0.1) is 0 Å². The topological polar surface area (TPSA) is 23.5 Å². The SMILES string of the molecule is CN(C)c1ccccc1CC(C)(C)O. The quantitative estimate of drug-likeness (QED) is 0.794. The van der Waals surface area contributed by atoms with Crippen molar-refractivity contribution >= 4 is 5.69 Å². The highest BCUT2D eigenvalue weighted by Gasteiger charge is 2.15. The molecule has 0 aliphatic rings. The first-order valence-electron chi connectivity index (χ1n) is 4.88. The van der Waals surface area contributed by atoms with Crippen LogP contribution in [-0.4, -0.2) is 24.8 Å². The lowest BCUT2D eigenvalue weighted by atomic mass is 9.97. The van der Waals surface area contributed by atoms with E-state index < -0.39 is 5.60 Å². The van der Waals surface area contributed by atoms with E-state index in [1.807, 2.05) is 40.1 Å². The Hall–Kier alpha value is -1.02. The van der Waals surface area contributed by atoms with Gasteiger partial charge < -0.3 is 10.0 Å². The van der Waals surface area contributed by atoms with E-state index >= 15 is 0 Å². The van der Waals surface area contributed by atoms with Gasteiger partial charge in [-0.25, -0.2) is 0 Å². The van der Waals surface area contributed by atoms with Crippen molar-refractivity contribution in [2.75, 3.05) is 19.0 Å². The molecule has 2 nitrogen and oxygen atoms in total. The van der Waals surface area contributed by atoms with Crippen LogP contribution < -0.4 is 4.90 Å². The zero-order valence-electron chi connectivity index (χ0n) is 9.41. The molecular formula is C12H19NO. The first-order valence-corrected chi connectivity index (χ1v) is 4.88. The van der Waals surface area contributed by atoms with E-state index in [4.69, 9.17) is 0 Å². The van der Waals surface area contributed by atoms with Gasteiger partial charge in [-0.2, -0.15) is 0 Å². The van der Waals surface area contributed by atoms with Gasteiger partial charge in [-0.05, 0) is 25.5 Å². The second kappa shape index (κ2) is 4.01. The molecule has 0 spiro atoms. The molecule has 1 N–H and O–H groups in total. The summed E-state index contributed by atoms with van der Waals surface area (Å²) in [5.74, 6) is 0. The fraction of sp³-hybridized carbons (Fsp3) is 0.500. The van der Waals surface area contributed by atoms with E-state index in [1.165, 1.54) is 11.3 Å². The zero-order chi connectivity index (χ0) is 10.8. The molecule has 0 aliphatic carbocycles. The van der Waals surface area contributed by atoms with Crippen LogP contribution in [0.15, 0.2) is 24.3 Å². The lowest BCUT2D eigenvalue weighted by Crippen LogP contribution is -2.23. The predicted molar refractivity (Wildman–Crippen MR) is 60.8 cm³/mol. The van der Waals surface area contributed by atoms with E-state index in [-0.39, 0.29) is 0 Å². The number of hydrogen-bond donors (Lipinski definition) is 1. The molecule has 0 amide bonds. The third kappa shape index (κ3) is 3.04. The summed E-state index contributed by atoms with van der Waals surface area (Å²) in [4.78, 5) is 2.07. The molecule has 0 fully saturated rings. The minimum absolute atomic E-state index is 0.647. The largest absolute Gasteiger partial charge is 0.390 e. The summed E-state index contributed by atoms with van der Waals surface area (Å²) in [6.45, 7) is 3.67. The van der Waals surface area contributed by atoms with E-state index in [0.717, 1.165) is 0 Å². The van der Waals surface area contributed by atoms with Gasteiger partial charge in [0, 0.05) is 26.2 Å². The van der Waals surface area contributed by atoms with Crippen LogP contribution in [-0.2, 0) is 6.42 Å². The predicted octanol–water partition coefficient (Wildman–Crippen LogP) is 2.07. The van der Waals surface area contributed by atoms with Gasteiger partial charge in [-0.1, -0.05) is 18.2 Å². The standard InChI is InChI=1S/C12H19NO/c1-12(2,14)9-10-7-5-6-8-11(10)13(3)4/h5-8,14H,9H2,1-4H3. The van der Waals surface area contributed by atoms with Crippen molar-refractivity contribution in [3.8, 4) is 0 Å². The van der Waals surface area contributed by atoms with Gasteiger partial charge in [0.05, 0.1) is 5.60 Å². The first-order chi connectivity index (χ1) is 6.40. The van der Waals surface area contributed by atoms with Crippen LogP contribution in [0.4, 0.5) is 5.69 Å². The Morgan fingerprint density at radius 3 is 2.29 bits per heavy atom. The Morgan fingerprint density at radius 2 is 1.79 bits per heavy atom. The number of rotatable bonds is 3. The summed E-state index contributed by atoms with van der Waals surface area (Å²) in [6.07, 6.45) is 0.682. The highest BCUT2D eigenvalue weighted by atomic mass is 16.3. The highest BCUT2D eigenvalue weighted by molar-refractivity contribution is 5.52. The fourth-order valence-electron chi connectivity index (χ4n) is 1.56. The van der Waals surface area contributed by atoms with Crippen LogP contribution >= 0.6 is 0 Å². The minimum atomic E-state index is -0.647. The van der Waals surface area contributed by atoms with Gasteiger partial charge in [0.2, 0.25) is 0 Å². The Morgan fingerprint density at radius 1 is 1.21 bits per heavy atom. The molecule has 1 aromatic rings. The molecular weight excluding hydrogens is 174 g/mol. The maximum absolute atomic E-state index is 9.76. The molecule has 1 aromatic carbocycles. The Balaban J connectivity index is 2.96. The number of hydrogen-bond acceptors (Lipinski definition) is 2. The van der Waals surface area contributed by atoms with Crippen molar-refractivity contribution in [1.82, 2.24) is 0 Å². The maximum Gasteiger partial charge on any atom is 0.0632 e. The van der Waals surface area contributed by atoms with Crippen LogP contribution in [0, 0.1) is 0 Å². The van der Waals surface area contributed by atoms with Crippen LogP contribution in [0.25, 0.3) is 0 Å². The molecule has 0 saturated heterocycles. The molecule has 0 saturated carbocycles. The van der Waals surface area contributed by atoms with Crippen molar-refractivity contribution in [1.29, 1.82) is 0 Å². The molecule has 0 aliphatic heterocycles. The van der Waals surface area contributed by atoms with E-state index in [9.17, 15) is 5.11 Å². The second-order valence-corrected chi connectivity index (χ2v) is 4.51. The Kier molecular flexibility index (Phi) is 3.17. The average Bonchev–Trinajstić information content (AvgIpc) is 2.01. The number of para-hydroxylation sites is 1. The smallest absolute Gasteiger partial charge is 0.0632 e. The second-order valence-electron chi connectivity index (χ2n) is 4.51. The van der Waals surface area contributed by atoms with Gasteiger partial charge in [0.1, 0.15) is 0 Å². The summed E-state index contributed by atoms with van der Waals surface area (Å²) in [7, 11) is 4.03. The summed E-state index contributed by atoms with van der Waals surface area (Å²) >= 11 is 0. The van der Waals surface area contributed by atoms with E-state index in [1.54, 1.807) is 0 Å². The minimum Gasteiger partial charge on any atom is -0.390 e. The number of anilines is 1. The third-order valence-electron chi connectivity index (χ3n) is 2.10. The fourth-order valence-corrected chi connectivity index (χ4v) is 1.56. The molecule has 0 atom stereocenters. The molecule has 0 heterocycles. The van der Waals surface area contributed by atoms with Crippen LogP contribution in [0.3, 0.4) is 0 Å². The number of benzene rings is 1. The molecule has 0 aromatic heterocycles. The maximum atomic E-state index is 9.76. The molecule has 0 unspecified atom stereocenters. The van der Waals surface area contributed by atoms with Gasteiger partial charge in [0.15, 0.2) is 0 Å². The van der Waals surface area contributed by atoms with Crippen molar-refractivity contribution in [2.45, 2.75) is 25.9 Å². The van der Waals surface area contributed by atoms with Crippen LogP contribution in [0.1, 0.15) is 19.4 Å². The molecule has 2 heteroatoms. The summed E-state index contributed by atoms with van der Waals surface area (Å²) < 4.78 is 0. The van der Waals surface area contributed by atoms with Crippen LogP contribution in [0.5, 0.6) is 0 Å². The molecule has 0 bridgehead atoms. The molecule has 78 valence electrons.